The molecule has 1 unspecified atom stereocenters. The molecule has 2 N–H and O–H groups in total. The third-order valence-electron chi connectivity index (χ3n) is 2.90. The van der Waals surface area contributed by atoms with Crippen molar-refractivity contribution in [3.05, 3.63) is 0 Å². The van der Waals surface area contributed by atoms with Crippen LogP contribution in [0.5, 0.6) is 0 Å². The van der Waals surface area contributed by atoms with E-state index in [1.54, 1.807) is 11.9 Å². The monoisotopic (exact) mass is 244 g/mol. The van der Waals surface area contributed by atoms with Crippen LogP contribution >= 0.6 is 0 Å². The number of methoxy groups -OCH3 is 1. The van der Waals surface area contributed by atoms with E-state index in [1.807, 2.05) is 6.92 Å². The molecule has 0 aromatic heterocycles. The van der Waals surface area contributed by atoms with Crippen LogP contribution in [-0.4, -0.2) is 44.0 Å². The summed E-state index contributed by atoms with van der Waals surface area (Å²) < 4.78 is 4.53. The van der Waals surface area contributed by atoms with Gasteiger partial charge in [-0.15, -0.1) is 0 Å². The summed E-state index contributed by atoms with van der Waals surface area (Å²) in [7, 11) is 3.12. The van der Waals surface area contributed by atoms with E-state index in [0.29, 0.717) is 32.4 Å². The molecular formula is C12H24N2O3. The highest BCUT2D eigenvalue weighted by Gasteiger charge is 2.14. The third-order valence-corrected chi connectivity index (χ3v) is 2.90. The van der Waals surface area contributed by atoms with Gasteiger partial charge in [0.1, 0.15) is 0 Å². The molecule has 0 saturated carbocycles. The fraction of sp³-hybridized carbons (Fsp3) is 0.833. The van der Waals surface area contributed by atoms with Crippen molar-refractivity contribution in [3.8, 4) is 0 Å². The van der Waals surface area contributed by atoms with Crippen LogP contribution in [0.3, 0.4) is 0 Å². The van der Waals surface area contributed by atoms with Crippen LogP contribution in [0.2, 0.25) is 0 Å². The SMILES string of the molecule is CCC(CN)CC(=O)N(C)CCCC(=O)OC. The van der Waals surface area contributed by atoms with Crippen LogP contribution in [0.25, 0.3) is 0 Å². The maximum absolute atomic E-state index is 11.8. The molecule has 5 nitrogen and oxygen atoms in total. The molecule has 0 rings (SSSR count). The molecule has 1 amide bonds. The molecule has 0 fully saturated rings. The van der Waals surface area contributed by atoms with Crippen LogP contribution in [-0.2, 0) is 14.3 Å². The number of carbonyl (C=O) groups is 2. The van der Waals surface area contributed by atoms with Crippen LogP contribution in [0.15, 0.2) is 0 Å². The summed E-state index contributed by atoms with van der Waals surface area (Å²) in [6.45, 7) is 3.15. The van der Waals surface area contributed by atoms with Gasteiger partial charge in [-0.05, 0) is 18.9 Å². The summed E-state index contributed by atoms with van der Waals surface area (Å²) in [5.74, 6) is 0.108. The van der Waals surface area contributed by atoms with Gasteiger partial charge >= 0.3 is 5.97 Å². The number of nitrogens with zero attached hydrogens (tertiary/aromatic N) is 1. The van der Waals surface area contributed by atoms with E-state index in [9.17, 15) is 9.59 Å². The second kappa shape index (κ2) is 8.98. The summed E-state index contributed by atoms with van der Waals surface area (Å²) >= 11 is 0. The van der Waals surface area contributed by atoms with Crippen molar-refractivity contribution in [2.24, 2.45) is 11.7 Å². The van der Waals surface area contributed by atoms with Crippen molar-refractivity contribution in [1.29, 1.82) is 0 Å². The lowest BCUT2D eigenvalue weighted by molar-refractivity contribution is -0.141. The fourth-order valence-electron chi connectivity index (χ4n) is 1.48. The molecule has 0 heterocycles. The first-order chi connectivity index (χ1) is 8.04. The van der Waals surface area contributed by atoms with Crippen LogP contribution in [0.1, 0.15) is 32.6 Å². The Kier molecular flexibility index (Phi) is 8.40. The third kappa shape index (κ3) is 6.94. The summed E-state index contributed by atoms with van der Waals surface area (Å²) in [6, 6.07) is 0. The van der Waals surface area contributed by atoms with E-state index in [1.165, 1.54) is 7.11 Å². The largest absolute Gasteiger partial charge is 0.469 e. The van der Waals surface area contributed by atoms with Crippen molar-refractivity contribution in [3.63, 3.8) is 0 Å². The second-order valence-corrected chi connectivity index (χ2v) is 4.21. The molecule has 17 heavy (non-hydrogen) atoms. The number of ether oxygens (including phenoxy) is 1. The van der Waals surface area contributed by atoms with Gasteiger partial charge in [-0.2, -0.15) is 0 Å². The lowest BCUT2D eigenvalue weighted by atomic mass is 10.0. The summed E-state index contributed by atoms with van der Waals surface area (Å²) in [5.41, 5.74) is 5.56. The molecule has 0 aromatic carbocycles. The van der Waals surface area contributed by atoms with E-state index in [0.717, 1.165) is 6.42 Å². The Bertz CT molecular complexity index is 240. The van der Waals surface area contributed by atoms with Gasteiger partial charge in [0, 0.05) is 26.4 Å². The van der Waals surface area contributed by atoms with Crippen molar-refractivity contribution in [2.75, 3.05) is 27.2 Å². The molecule has 0 bridgehead atoms. The summed E-state index contributed by atoms with van der Waals surface area (Å²) in [4.78, 5) is 24.3. The molecular weight excluding hydrogens is 220 g/mol. The number of hydrogen-bond acceptors (Lipinski definition) is 4. The minimum absolute atomic E-state index is 0.0900. The summed E-state index contributed by atoms with van der Waals surface area (Å²) in [5, 5.41) is 0. The molecule has 0 spiro atoms. The molecule has 0 saturated heterocycles. The minimum Gasteiger partial charge on any atom is -0.469 e. The summed E-state index contributed by atoms with van der Waals surface area (Å²) in [6.07, 6.45) is 2.39. The Morgan fingerprint density at radius 2 is 2.06 bits per heavy atom. The first-order valence-electron chi connectivity index (χ1n) is 6.05. The van der Waals surface area contributed by atoms with Crippen LogP contribution < -0.4 is 5.73 Å². The molecule has 0 radical (unpaired) electrons. The maximum atomic E-state index is 11.8. The quantitative estimate of drug-likeness (QED) is 0.640. The number of amides is 1. The number of esters is 1. The van der Waals surface area contributed by atoms with Crippen molar-refractivity contribution in [1.82, 2.24) is 4.90 Å². The van der Waals surface area contributed by atoms with Crippen LogP contribution in [0, 0.1) is 5.92 Å². The first kappa shape index (κ1) is 15.9. The van der Waals surface area contributed by atoms with E-state index >= 15 is 0 Å². The zero-order chi connectivity index (χ0) is 13.3. The van der Waals surface area contributed by atoms with Crippen molar-refractivity contribution < 1.29 is 14.3 Å². The van der Waals surface area contributed by atoms with Crippen molar-refractivity contribution in [2.45, 2.75) is 32.6 Å². The van der Waals surface area contributed by atoms with Crippen LogP contribution in [0.4, 0.5) is 0 Å². The zero-order valence-electron chi connectivity index (χ0n) is 11.1. The lowest BCUT2D eigenvalue weighted by Crippen LogP contribution is -2.31. The zero-order valence-corrected chi connectivity index (χ0v) is 11.1. The maximum Gasteiger partial charge on any atom is 0.305 e. The standard InChI is InChI=1S/C12H24N2O3/c1-4-10(9-13)8-11(15)14(2)7-5-6-12(16)17-3/h10H,4-9,13H2,1-3H3. The molecule has 1 atom stereocenters. The Morgan fingerprint density at radius 3 is 2.53 bits per heavy atom. The van der Waals surface area contributed by atoms with Gasteiger partial charge in [0.25, 0.3) is 0 Å². The molecule has 0 aromatic rings. The van der Waals surface area contributed by atoms with Gasteiger partial charge in [-0.25, -0.2) is 0 Å². The van der Waals surface area contributed by atoms with Gasteiger partial charge in [0.15, 0.2) is 0 Å². The van der Waals surface area contributed by atoms with E-state index in [-0.39, 0.29) is 17.8 Å². The van der Waals surface area contributed by atoms with Gasteiger partial charge in [-0.1, -0.05) is 13.3 Å². The Hall–Kier alpha value is -1.10. The predicted molar refractivity (Wildman–Crippen MR) is 66.3 cm³/mol. The molecule has 0 aliphatic carbocycles. The number of hydrogen-bond donors (Lipinski definition) is 1. The first-order valence-corrected chi connectivity index (χ1v) is 6.05. The highest BCUT2D eigenvalue weighted by atomic mass is 16.5. The van der Waals surface area contributed by atoms with Gasteiger partial charge in [-0.3, -0.25) is 9.59 Å². The Labute approximate surface area is 103 Å². The van der Waals surface area contributed by atoms with E-state index in [4.69, 9.17) is 5.73 Å². The Morgan fingerprint density at radius 1 is 1.41 bits per heavy atom. The minimum atomic E-state index is -0.237. The van der Waals surface area contributed by atoms with Gasteiger partial charge in [0.2, 0.25) is 5.91 Å². The topological polar surface area (TPSA) is 72.6 Å². The van der Waals surface area contributed by atoms with Crippen molar-refractivity contribution >= 4 is 11.9 Å². The van der Waals surface area contributed by atoms with E-state index in [2.05, 4.69) is 4.74 Å². The molecule has 5 heteroatoms. The number of rotatable bonds is 8. The lowest BCUT2D eigenvalue weighted by Gasteiger charge is -2.19. The molecule has 100 valence electrons. The number of nitrogens with two attached hydrogens (primary N) is 1. The Balaban J connectivity index is 3.85. The van der Waals surface area contributed by atoms with Gasteiger partial charge in [0.05, 0.1) is 7.11 Å². The normalized spacial score (nSPS) is 12.0. The highest BCUT2D eigenvalue weighted by Crippen LogP contribution is 2.08. The average Bonchev–Trinajstić information content (AvgIpc) is 2.34. The fourth-order valence-corrected chi connectivity index (χ4v) is 1.48. The highest BCUT2D eigenvalue weighted by molar-refractivity contribution is 5.76. The van der Waals surface area contributed by atoms with E-state index < -0.39 is 0 Å². The predicted octanol–water partition coefficient (Wildman–Crippen LogP) is 0.773. The smallest absolute Gasteiger partial charge is 0.305 e. The van der Waals surface area contributed by atoms with Gasteiger partial charge < -0.3 is 15.4 Å². The average molecular weight is 244 g/mol. The molecule has 0 aliphatic heterocycles. The number of carbonyl (C=O) groups excluding carboxylic acids is 2. The molecule has 0 aliphatic rings. The second-order valence-electron chi connectivity index (χ2n) is 4.21.